The number of Topliss-reactive ketones (excluding diaryl/α,β-unsaturated/α-hetero) is 1. The standard InChI is InChI=1S/C20H24N2O4S/c1-6-15-9-8-12(3)22(10-15)11-16(24)21-19-17(20(25)26-7-2)13(4)18(27-19)14(5)23/h8-10H,6-7,11H2,1-5H3/p+1. The second kappa shape index (κ2) is 8.90. The number of thiophene rings is 1. The van der Waals surface area contributed by atoms with E-state index < -0.39 is 5.97 Å². The molecule has 27 heavy (non-hydrogen) atoms. The first-order valence-corrected chi connectivity index (χ1v) is 9.70. The number of amides is 1. The van der Waals surface area contributed by atoms with Crippen LogP contribution in [0.25, 0.3) is 0 Å². The molecule has 2 aromatic heterocycles. The van der Waals surface area contributed by atoms with Gasteiger partial charge in [-0.1, -0.05) is 6.92 Å². The fraction of sp³-hybridized carbons (Fsp3) is 0.400. The molecule has 0 spiro atoms. The average Bonchev–Trinajstić information content (AvgIpc) is 2.93. The number of hydrogen-bond acceptors (Lipinski definition) is 5. The van der Waals surface area contributed by atoms with Crippen molar-refractivity contribution >= 4 is 34.0 Å². The average molecular weight is 389 g/mol. The van der Waals surface area contributed by atoms with Gasteiger partial charge in [0.1, 0.15) is 5.00 Å². The van der Waals surface area contributed by atoms with Crippen LogP contribution in [0, 0.1) is 13.8 Å². The zero-order chi connectivity index (χ0) is 20.1. The first-order valence-electron chi connectivity index (χ1n) is 8.88. The molecule has 7 heteroatoms. The number of aryl methyl sites for hydroxylation is 2. The summed E-state index contributed by atoms with van der Waals surface area (Å²) >= 11 is 1.11. The molecule has 0 saturated heterocycles. The van der Waals surface area contributed by atoms with E-state index in [1.54, 1.807) is 13.8 Å². The molecule has 2 aromatic rings. The Morgan fingerprint density at radius 2 is 1.89 bits per heavy atom. The van der Waals surface area contributed by atoms with Gasteiger partial charge in [-0.15, -0.1) is 11.3 Å². The summed E-state index contributed by atoms with van der Waals surface area (Å²) in [4.78, 5) is 37.2. The fourth-order valence-electron chi connectivity index (χ4n) is 2.76. The quantitative estimate of drug-likeness (QED) is 0.448. The van der Waals surface area contributed by atoms with Crippen LogP contribution in [-0.2, 0) is 22.5 Å². The van der Waals surface area contributed by atoms with Crippen LogP contribution in [0.4, 0.5) is 5.00 Å². The van der Waals surface area contributed by atoms with Crippen molar-refractivity contribution in [1.82, 2.24) is 0 Å². The molecular formula is C20H25N2O4S+. The number of anilines is 1. The first kappa shape index (κ1) is 20.8. The third-order valence-corrected chi connectivity index (χ3v) is 5.54. The molecule has 0 aliphatic rings. The number of rotatable bonds is 7. The van der Waals surface area contributed by atoms with Gasteiger partial charge in [-0.25, -0.2) is 4.79 Å². The van der Waals surface area contributed by atoms with Gasteiger partial charge >= 0.3 is 5.97 Å². The zero-order valence-electron chi connectivity index (χ0n) is 16.3. The van der Waals surface area contributed by atoms with Crippen molar-refractivity contribution in [3.05, 3.63) is 45.6 Å². The fourth-order valence-corrected chi connectivity index (χ4v) is 3.86. The van der Waals surface area contributed by atoms with Crippen molar-refractivity contribution in [2.75, 3.05) is 11.9 Å². The number of ether oxygens (including phenoxy) is 1. The molecule has 0 unspecified atom stereocenters. The van der Waals surface area contributed by atoms with Crippen LogP contribution in [0.2, 0.25) is 0 Å². The third-order valence-electron chi connectivity index (χ3n) is 4.23. The normalized spacial score (nSPS) is 10.6. The Labute approximate surface area is 163 Å². The lowest BCUT2D eigenvalue weighted by Gasteiger charge is -2.07. The molecule has 0 aliphatic heterocycles. The largest absolute Gasteiger partial charge is 0.462 e. The van der Waals surface area contributed by atoms with E-state index in [0.29, 0.717) is 15.4 Å². The maximum atomic E-state index is 12.6. The van der Waals surface area contributed by atoms with Crippen LogP contribution in [0.3, 0.4) is 0 Å². The van der Waals surface area contributed by atoms with Gasteiger partial charge in [-0.2, -0.15) is 4.57 Å². The highest BCUT2D eigenvalue weighted by Gasteiger charge is 2.26. The lowest BCUT2D eigenvalue weighted by atomic mass is 10.1. The van der Waals surface area contributed by atoms with Crippen molar-refractivity contribution in [3.63, 3.8) is 0 Å². The highest BCUT2D eigenvalue weighted by atomic mass is 32.1. The van der Waals surface area contributed by atoms with E-state index in [1.807, 2.05) is 29.8 Å². The molecule has 2 rings (SSSR count). The number of hydrogen-bond donors (Lipinski definition) is 1. The summed E-state index contributed by atoms with van der Waals surface area (Å²) in [5.41, 5.74) is 2.88. The zero-order valence-corrected chi connectivity index (χ0v) is 17.2. The molecule has 0 fully saturated rings. The number of carbonyl (C=O) groups excluding carboxylic acids is 3. The van der Waals surface area contributed by atoms with Crippen molar-refractivity contribution in [1.29, 1.82) is 0 Å². The van der Waals surface area contributed by atoms with Crippen molar-refractivity contribution in [2.45, 2.75) is 47.6 Å². The highest BCUT2D eigenvalue weighted by molar-refractivity contribution is 7.18. The molecule has 0 atom stereocenters. The van der Waals surface area contributed by atoms with Crippen LogP contribution >= 0.6 is 11.3 Å². The van der Waals surface area contributed by atoms with Gasteiger partial charge in [-0.05, 0) is 38.8 Å². The topological polar surface area (TPSA) is 76.3 Å². The van der Waals surface area contributed by atoms with Crippen LogP contribution in [0.15, 0.2) is 18.3 Å². The number of pyridine rings is 1. The van der Waals surface area contributed by atoms with Crippen LogP contribution in [0.1, 0.15) is 57.6 Å². The molecule has 144 valence electrons. The summed E-state index contributed by atoms with van der Waals surface area (Å²) < 4.78 is 6.96. The van der Waals surface area contributed by atoms with E-state index in [4.69, 9.17) is 4.74 Å². The summed E-state index contributed by atoms with van der Waals surface area (Å²) in [5, 5.41) is 3.14. The Morgan fingerprint density at radius 3 is 2.48 bits per heavy atom. The maximum Gasteiger partial charge on any atom is 0.341 e. The Morgan fingerprint density at radius 1 is 1.19 bits per heavy atom. The maximum absolute atomic E-state index is 12.6. The number of nitrogens with one attached hydrogen (secondary N) is 1. The first-order chi connectivity index (χ1) is 12.8. The molecule has 6 nitrogen and oxygen atoms in total. The number of ketones is 1. The second-order valence-corrected chi connectivity index (χ2v) is 7.27. The molecule has 0 aliphatic carbocycles. The monoisotopic (exact) mass is 389 g/mol. The SMILES string of the molecule is CCOC(=O)c1c(NC(=O)C[n+]2cc(CC)ccc2C)sc(C(C)=O)c1C. The van der Waals surface area contributed by atoms with Gasteiger partial charge in [-0.3, -0.25) is 9.59 Å². The summed E-state index contributed by atoms with van der Waals surface area (Å²) in [6, 6.07) is 4.00. The predicted octanol–water partition coefficient (Wildman–Crippen LogP) is 3.23. The van der Waals surface area contributed by atoms with E-state index in [-0.39, 0.29) is 30.4 Å². The molecule has 0 aromatic carbocycles. The summed E-state index contributed by atoms with van der Waals surface area (Å²) in [6.45, 7) is 9.17. The van der Waals surface area contributed by atoms with E-state index >= 15 is 0 Å². The second-order valence-electron chi connectivity index (χ2n) is 6.25. The van der Waals surface area contributed by atoms with Crippen molar-refractivity contribution in [3.8, 4) is 0 Å². The van der Waals surface area contributed by atoms with Gasteiger partial charge in [0, 0.05) is 18.6 Å². The van der Waals surface area contributed by atoms with Crippen molar-refractivity contribution < 1.29 is 23.7 Å². The van der Waals surface area contributed by atoms with Crippen LogP contribution in [0.5, 0.6) is 0 Å². The Kier molecular flexibility index (Phi) is 6.85. The summed E-state index contributed by atoms with van der Waals surface area (Å²) in [7, 11) is 0. The molecule has 2 heterocycles. The Balaban J connectivity index is 2.30. The van der Waals surface area contributed by atoms with Gasteiger partial charge in [0.15, 0.2) is 17.7 Å². The van der Waals surface area contributed by atoms with Gasteiger partial charge in [0.05, 0.1) is 17.0 Å². The van der Waals surface area contributed by atoms with Gasteiger partial charge in [0.25, 0.3) is 5.91 Å². The minimum absolute atomic E-state index is 0.119. The van der Waals surface area contributed by atoms with E-state index in [9.17, 15) is 14.4 Å². The lowest BCUT2D eigenvalue weighted by molar-refractivity contribution is -0.690. The predicted molar refractivity (Wildman–Crippen MR) is 104 cm³/mol. The minimum Gasteiger partial charge on any atom is -0.462 e. The summed E-state index contributed by atoms with van der Waals surface area (Å²) in [5.74, 6) is -0.950. The third kappa shape index (κ3) is 4.80. The van der Waals surface area contributed by atoms with Gasteiger partial charge in [0.2, 0.25) is 6.54 Å². The van der Waals surface area contributed by atoms with Crippen LogP contribution < -0.4 is 9.88 Å². The van der Waals surface area contributed by atoms with Gasteiger partial charge < -0.3 is 10.1 Å². The van der Waals surface area contributed by atoms with Crippen molar-refractivity contribution in [2.24, 2.45) is 0 Å². The Hall–Kier alpha value is -2.54. The number of carbonyl (C=O) groups is 3. The number of esters is 1. The smallest absolute Gasteiger partial charge is 0.341 e. The van der Waals surface area contributed by atoms with E-state index in [1.165, 1.54) is 6.92 Å². The molecule has 1 N–H and O–H groups in total. The highest BCUT2D eigenvalue weighted by Crippen LogP contribution is 2.34. The number of nitrogens with zero attached hydrogens (tertiary/aromatic N) is 1. The minimum atomic E-state index is -0.536. The number of aromatic nitrogens is 1. The molecule has 0 bridgehead atoms. The lowest BCUT2D eigenvalue weighted by Crippen LogP contribution is -2.43. The molecule has 0 radical (unpaired) electrons. The summed E-state index contributed by atoms with van der Waals surface area (Å²) in [6.07, 6.45) is 2.82. The molecular weight excluding hydrogens is 364 g/mol. The Bertz CT molecular complexity index is 886. The van der Waals surface area contributed by atoms with E-state index in [0.717, 1.165) is 29.0 Å². The molecule has 1 amide bonds. The van der Waals surface area contributed by atoms with E-state index in [2.05, 4.69) is 12.2 Å². The molecule has 0 saturated carbocycles. The van der Waals surface area contributed by atoms with Crippen LogP contribution in [-0.4, -0.2) is 24.3 Å².